The minimum atomic E-state index is -3.30. The van der Waals surface area contributed by atoms with Crippen LogP contribution in [0.4, 0.5) is 11.4 Å². The number of aryl methyl sites for hydroxylation is 1. The molecular formula is C20H21N3O3S2. The number of hydrogen-bond acceptors (Lipinski definition) is 5. The predicted molar refractivity (Wildman–Crippen MR) is 114 cm³/mol. The zero-order valence-corrected chi connectivity index (χ0v) is 17.5. The Morgan fingerprint density at radius 3 is 2.46 bits per heavy atom. The van der Waals surface area contributed by atoms with Crippen LogP contribution in [0, 0.1) is 6.92 Å². The van der Waals surface area contributed by atoms with Crippen molar-refractivity contribution in [3.05, 3.63) is 64.5 Å². The lowest BCUT2D eigenvalue weighted by Gasteiger charge is -2.16. The topological polar surface area (TPSA) is 79.4 Å². The molecule has 0 aliphatic carbocycles. The van der Waals surface area contributed by atoms with Crippen LogP contribution in [0.3, 0.4) is 0 Å². The summed E-state index contributed by atoms with van der Waals surface area (Å²) in [4.78, 5) is 16.8. The van der Waals surface area contributed by atoms with Crippen LogP contribution in [0.1, 0.15) is 10.6 Å². The van der Waals surface area contributed by atoms with Gasteiger partial charge in [-0.05, 0) is 30.7 Å². The molecule has 8 heteroatoms. The number of hydrogen-bond donors (Lipinski definition) is 1. The largest absolute Gasteiger partial charge is 0.325 e. The SMILES string of the molecule is Cc1ccccc1NC(=O)Cc1nc(-c2ccc(N(C)S(C)(=O)=O)cc2)cs1. The molecule has 0 fully saturated rings. The number of aromatic nitrogens is 1. The third-order valence-corrected chi connectivity index (χ3v) is 6.36. The maximum atomic E-state index is 12.3. The number of anilines is 2. The molecule has 3 aromatic rings. The second-order valence-electron chi connectivity index (χ2n) is 6.44. The normalized spacial score (nSPS) is 11.2. The molecule has 0 aliphatic heterocycles. The van der Waals surface area contributed by atoms with Crippen LogP contribution in [0.15, 0.2) is 53.9 Å². The lowest BCUT2D eigenvalue weighted by Crippen LogP contribution is -2.24. The van der Waals surface area contributed by atoms with Crippen LogP contribution in [0.2, 0.25) is 0 Å². The van der Waals surface area contributed by atoms with E-state index < -0.39 is 10.0 Å². The molecule has 0 bridgehead atoms. The summed E-state index contributed by atoms with van der Waals surface area (Å²) in [7, 11) is -1.78. The van der Waals surface area contributed by atoms with Gasteiger partial charge in [-0.15, -0.1) is 11.3 Å². The number of rotatable bonds is 6. The fraction of sp³-hybridized carbons (Fsp3) is 0.200. The van der Waals surface area contributed by atoms with Gasteiger partial charge in [0.25, 0.3) is 0 Å². The minimum absolute atomic E-state index is 0.111. The lowest BCUT2D eigenvalue weighted by molar-refractivity contribution is -0.115. The molecule has 0 unspecified atom stereocenters. The average Bonchev–Trinajstić information content (AvgIpc) is 3.11. The van der Waals surface area contributed by atoms with E-state index in [2.05, 4.69) is 10.3 Å². The molecule has 0 saturated carbocycles. The van der Waals surface area contributed by atoms with Crippen molar-refractivity contribution in [1.82, 2.24) is 4.98 Å². The number of sulfonamides is 1. The average molecular weight is 416 g/mol. The van der Waals surface area contributed by atoms with E-state index in [1.807, 2.05) is 48.7 Å². The molecule has 1 heterocycles. The first-order chi connectivity index (χ1) is 13.2. The van der Waals surface area contributed by atoms with Gasteiger partial charge in [0.15, 0.2) is 0 Å². The Bertz CT molecular complexity index is 1090. The number of para-hydroxylation sites is 1. The van der Waals surface area contributed by atoms with Gasteiger partial charge >= 0.3 is 0 Å². The number of nitrogens with one attached hydrogen (secondary N) is 1. The minimum Gasteiger partial charge on any atom is -0.325 e. The summed E-state index contributed by atoms with van der Waals surface area (Å²) in [6, 6.07) is 14.7. The first-order valence-corrected chi connectivity index (χ1v) is 11.3. The molecule has 2 aromatic carbocycles. The van der Waals surface area contributed by atoms with Crippen LogP contribution in [-0.2, 0) is 21.2 Å². The van der Waals surface area contributed by atoms with E-state index >= 15 is 0 Å². The van der Waals surface area contributed by atoms with Gasteiger partial charge in [-0.1, -0.05) is 30.3 Å². The van der Waals surface area contributed by atoms with Crippen LogP contribution in [0.5, 0.6) is 0 Å². The summed E-state index contributed by atoms with van der Waals surface area (Å²) in [5.41, 5.74) is 4.02. The molecule has 0 atom stereocenters. The predicted octanol–water partition coefficient (Wildman–Crippen LogP) is 3.70. The van der Waals surface area contributed by atoms with Crippen LogP contribution < -0.4 is 9.62 Å². The Hall–Kier alpha value is -2.71. The summed E-state index contributed by atoms with van der Waals surface area (Å²) in [6.07, 6.45) is 1.36. The quantitative estimate of drug-likeness (QED) is 0.666. The second kappa shape index (κ2) is 8.12. The first kappa shape index (κ1) is 20.0. The van der Waals surface area contributed by atoms with Gasteiger partial charge in [0.2, 0.25) is 15.9 Å². The monoisotopic (exact) mass is 415 g/mol. The van der Waals surface area contributed by atoms with E-state index in [1.165, 1.54) is 22.7 Å². The third kappa shape index (κ3) is 4.76. The standard InChI is InChI=1S/C20H21N3O3S2/c1-14-6-4-5-7-17(14)21-19(24)12-20-22-18(13-27-20)15-8-10-16(11-9-15)23(2)28(3,25)26/h4-11,13H,12H2,1-3H3,(H,21,24). The number of carbonyl (C=O) groups excluding carboxylic acids is 1. The summed E-state index contributed by atoms with van der Waals surface area (Å²) in [6.45, 7) is 1.95. The van der Waals surface area contributed by atoms with Gasteiger partial charge < -0.3 is 5.32 Å². The van der Waals surface area contributed by atoms with E-state index in [-0.39, 0.29) is 12.3 Å². The molecule has 0 radical (unpaired) electrons. The van der Waals surface area contributed by atoms with Gasteiger partial charge in [0, 0.05) is 23.7 Å². The van der Waals surface area contributed by atoms with Gasteiger partial charge in [0.05, 0.1) is 24.1 Å². The van der Waals surface area contributed by atoms with Crippen LogP contribution in [0.25, 0.3) is 11.3 Å². The lowest BCUT2D eigenvalue weighted by atomic mass is 10.1. The van der Waals surface area contributed by atoms with Crippen molar-refractivity contribution in [3.8, 4) is 11.3 Å². The third-order valence-electron chi connectivity index (χ3n) is 4.31. The van der Waals surface area contributed by atoms with Crippen molar-refractivity contribution in [2.75, 3.05) is 22.9 Å². The molecule has 1 amide bonds. The van der Waals surface area contributed by atoms with Gasteiger partial charge in [-0.25, -0.2) is 13.4 Å². The van der Waals surface area contributed by atoms with Crippen molar-refractivity contribution in [2.24, 2.45) is 0 Å². The van der Waals surface area contributed by atoms with Crippen LogP contribution >= 0.6 is 11.3 Å². The Kier molecular flexibility index (Phi) is 5.81. The molecule has 28 heavy (non-hydrogen) atoms. The van der Waals surface area contributed by atoms with Crippen molar-refractivity contribution in [1.29, 1.82) is 0 Å². The Balaban J connectivity index is 1.68. The Morgan fingerprint density at radius 1 is 1.14 bits per heavy atom. The molecule has 6 nitrogen and oxygen atoms in total. The number of benzene rings is 2. The van der Waals surface area contributed by atoms with Crippen LogP contribution in [-0.4, -0.2) is 32.6 Å². The summed E-state index contributed by atoms with van der Waals surface area (Å²) in [5.74, 6) is -0.111. The van der Waals surface area contributed by atoms with Gasteiger partial charge in [-0.2, -0.15) is 0 Å². The van der Waals surface area contributed by atoms with E-state index in [4.69, 9.17) is 0 Å². The summed E-state index contributed by atoms with van der Waals surface area (Å²) in [5, 5.41) is 5.52. The van der Waals surface area contributed by atoms with Gasteiger partial charge in [-0.3, -0.25) is 9.10 Å². The van der Waals surface area contributed by atoms with E-state index in [9.17, 15) is 13.2 Å². The van der Waals surface area contributed by atoms with Crippen molar-refractivity contribution in [2.45, 2.75) is 13.3 Å². The molecule has 146 valence electrons. The summed E-state index contributed by atoms with van der Waals surface area (Å²) < 4.78 is 24.5. The molecule has 3 rings (SSSR count). The zero-order valence-electron chi connectivity index (χ0n) is 15.8. The fourth-order valence-corrected chi connectivity index (χ4v) is 3.91. The highest BCUT2D eigenvalue weighted by Gasteiger charge is 2.13. The maximum absolute atomic E-state index is 12.3. The van der Waals surface area contributed by atoms with E-state index in [0.29, 0.717) is 5.69 Å². The molecular weight excluding hydrogens is 394 g/mol. The van der Waals surface area contributed by atoms with Crippen molar-refractivity contribution in [3.63, 3.8) is 0 Å². The first-order valence-electron chi connectivity index (χ1n) is 8.58. The molecule has 0 saturated heterocycles. The Morgan fingerprint density at radius 2 is 1.82 bits per heavy atom. The highest BCUT2D eigenvalue weighted by Crippen LogP contribution is 2.25. The zero-order chi connectivity index (χ0) is 20.3. The van der Waals surface area contributed by atoms with E-state index in [0.717, 1.165) is 33.8 Å². The number of thiazole rings is 1. The number of carbonyl (C=O) groups is 1. The second-order valence-corrected chi connectivity index (χ2v) is 9.40. The van der Waals surface area contributed by atoms with E-state index in [1.54, 1.807) is 12.1 Å². The Labute approximate surface area is 168 Å². The molecule has 1 N–H and O–H groups in total. The number of nitrogens with zero attached hydrogens (tertiary/aromatic N) is 2. The van der Waals surface area contributed by atoms with Gasteiger partial charge in [0.1, 0.15) is 5.01 Å². The van der Waals surface area contributed by atoms with Crippen molar-refractivity contribution >= 4 is 38.6 Å². The maximum Gasteiger partial charge on any atom is 0.231 e. The molecule has 0 aliphatic rings. The van der Waals surface area contributed by atoms with Crippen molar-refractivity contribution < 1.29 is 13.2 Å². The smallest absolute Gasteiger partial charge is 0.231 e. The summed E-state index contributed by atoms with van der Waals surface area (Å²) >= 11 is 1.42. The molecule has 0 spiro atoms. The number of amides is 1. The fourth-order valence-electron chi connectivity index (χ4n) is 2.60. The molecule has 1 aromatic heterocycles. The highest BCUT2D eigenvalue weighted by molar-refractivity contribution is 7.92. The highest BCUT2D eigenvalue weighted by atomic mass is 32.2.